The van der Waals surface area contributed by atoms with Gasteiger partial charge in [-0.1, -0.05) is 20.8 Å². The molecule has 1 aliphatic heterocycles. The molecule has 15 heavy (non-hydrogen) atoms. The zero-order valence-electron chi connectivity index (χ0n) is 9.17. The van der Waals surface area contributed by atoms with Gasteiger partial charge in [0, 0.05) is 0 Å². The summed E-state index contributed by atoms with van der Waals surface area (Å²) in [5, 5.41) is 28.3. The van der Waals surface area contributed by atoms with Crippen LogP contribution in [0.2, 0.25) is 0 Å². The van der Waals surface area contributed by atoms with Gasteiger partial charge in [0.1, 0.15) is 24.4 Å². The Morgan fingerprint density at radius 1 is 1.40 bits per heavy atom. The minimum absolute atomic E-state index is 0.0750. The summed E-state index contributed by atoms with van der Waals surface area (Å²) < 4.78 is 4.95. The van der Waals surface area contributed by atoms with E-state index in [0.29, 0.717) is 0 Å². The molecule has 0 aromatic rings. The molecule has 1 unspecified atom stereocenters. The van der Waals surface area contributed by atoms with Crippen molar-refractivity contribution in [2.45, 2.75) is 45.2 Å². The van der Waals surface area contributed by atoms with Crippen molar-refractivity contribution in [1.29, 1.82) is 0 Å². The third-order valence-electron chi connectivity index (χ3n) is 2.52. The first kappa shape index (κ1) is 12.6. The fourth-order valence-corrected chi connectivity index (χ4v) is 1.43. The molecule has 0 aromatic heterocycles. The summed E-state index contributed by atoms with van der Waals surface area (Å²) in [5.74, 6) is -0.577. The highest BCUT2D eigenvalue weighted by Crippen LogP contribution is 2.24. The third kappa shape index (κ3) is 2.55. The summed E-state index contributed by atoms with van der Waals surface area (Å²) in [6.45, 7) is 5.07. The quantitative estimate of drug-likeness (QED) is 0.558. The second kappa shape index (κ2) is 4.17. The van der Waals surface area contributed by atoms with Gasteiger partial charge in [-0.2, -0.15) is 0 Å². The zero-order chi connectivity index (χ0) is 11.8. The van der Waals surface area contributed by atoms with Crippen LogP contribution in [0.3, 0.4) is 0 Å². The molecule has 5 nitrogen and oxygen atoms in total. The Hall–Kier alpha value is -0.490. The van der Waals surface area contributed by atoms with Crippen LogP contribution in [0.4, 0.5) is 0 Å². The standard InChI is InChI=1S/C10H18O5/c1-10(2,3)9(14)7(13)8-6(12)5(11)4-15-8/h5-6,8-9,11-12,14H,4H2,1-3H3/t5-,6+,8+,9?/m1/s1. The van der Waals surface area contributed by atoms with Crippen LogP contribution >= 0.6 is 0 Å². The van der Waals surface area contributed by atoms with E-state index in [2.05, 4.69) is 0 Å². The lowest BCUT2D eigenvalue weighted by molar-refractivity contribution is -0.145. The monoisotopic (exact) mass is 218 g/mol. The molecule has 0 spiro atoms. The molecule has 0 amide bonds. The van der Waals surface area contributed by atoms with Crippen LogP contribution in [-0.2, 0) is 9.53 Å². The maximum atomic E-state index is 11.7. The molecular formula is C10H18O5. The van der Waals surface area contributed by atoms with Crippen molar-refractivity contribution in [1.82, 2.24) is 0 Å². The molecule has 1 saturated heterocycles. The highest BCUT2D eigenvalue weighted by atomic mass is 16.5. The van der Waals surface area contributed by atoms with Crippen molar-refractivity contribution in [2.75, 3.05) is 6.61 Å². The number of carbonyl (C=O) groups excluding carboxylic acids is 1. The number of hydrogen-bond acceptors (Lipinski definition) is 5. The number of carbonyl (C=O) groups is 1. The topological polar surface area (TPSA) is 87.0 Å². The summed E-state index contributed by atoms with van der Waals surface area (Å²) in [6, 6.07) is 0. The van der Waals surface area contributed by atoms with Crippen molar-refractivity contribution in [3.05, 3.63) is 0 Å². The van der Waals surface area contributed by atoms with E-state index in [1.54, 1.807) is 20.8 Å². The minimum Gasteiger partial charge on any atom is -0.388 e. The summed E-state index contributed by atoms with van der Waals surface area (Å²) in [6.07, 6.45) is -4.61. The van der Waals surface area contributed by atoms with E-state index < -0.39 is 35.6 Å². The molecular weight excluding hydrogens is 200 g/mol. The van der Waals surface area contributed by atoms with E-state index >= 15 is 0 Å². The first-order valence-electron chi connectivity index (χ1n) is 4.94. The normalized spacial score (nSPS) is 34.1. The molecule has 1 aliphatic rings. The molecule has 0 radical (unpaired) electrons. The Bertz CT molecular complexity index is 245. The maximum Gasteiger partial charge on any atom is 0.193 e. The van der Waals surface area contributed by atoms with E-state index in [4.69, 9.17) is 4.74 Å². The van der Waals surface area contributed by atoms with E-state index in [1.165, 1.54) is 0 Å². The van der Waals surface area contributed by atoms with Crippen molar-refractivity contribution in [3.63, 3.8) is 0 Å². The fourth-order valence-electron chi connectivity index (χ4n) is 1.43. The number of aliphatic hydroxyl groups is 3. The highest BCUT2D eigenvalue weighted by Gasteiger charge is 2.44. The highest BCUT2D eigenvalue weighted by molar-refractivity contribution is 5.88. The lowest BCUT2D eigenvalue weighted by Gasteiger charge is -2.27. The van der Waals surface area contributed by atoms with Crippen LogP contribution in [0, 0.1) is 5.41 Å². The van der Waals surface area contributed by atoms with Crippen molar-refractivity contribution < 1.29 is 24.9 Å². The molecule has 88 valence electrons. The van der Waals surface area contributed by atoms with Crippen molar-refractivity contribution >= 4 is 5.78 Å². The molecule has 4 atom stereocenters. The van der Waals surface area contributed by atoms with E-state index in [0.717, 1.165) is 0 Å². The van der Waals surface area contributed by atoms with Crippen LogP contribution in [0.25, 0.3) is 0 Å². The SMILES string of the molecule is CC(C)(C)C(O)C(=O)[C@H]1OC[C@@H](O)[C@@H]1O. The number of Topliss-reactive ketones (excluding diaryl/α,β-unsaturated/α-hetero) is 1. The number of aliphatic hydroxyl groups excluding tert-OH is 3. The summed E-state index contributed by atoms with van der Waals surface area (Å²) >= 11 is 0. The fraction of sp³-hybridized carbons (Fsp3) is 0.900. The van der Waals surface area contributed by atoms with Gasteiger partial charge < -0.3 is 20.1 Å². The molecule has 1 fully saturated rings. The Kier molecular flexibility index (Phi) is 3.50. The number of rotatable bonds is 2. The van der Waals surface area contributed by atoms with Gasteiger partial charge in [0.25, 0.3) is 0 Å². The Balaban J connectivity index is 2.70. The number of hydrogen-bond donors (Lipinski definition) is 3. The average molecular weight is 218 g/mol. The molecule has 1 rings (SSSR count). The van der Waals surface area contributed by atoms with Gasteiger partial charge in [0.05, 0.1) is 6.61 Å². The lowest BCUT2D eigenvalue weighted by atomic mass is 9.84. The molecule has 3 N–H and O–H groups in total. The average Bonchev–Trinajstić information content (AvgIpc) is 2.44. The number of ketones is 1. The number of ether oxygens (including phenoxy) is 1. The molecule has 1 heterocycles. The molecule has 0 aliphatic carbocycles. The van der Waals surface area contributed by atoms with Gasteiger partial charge in [-0.15, -0.1) is 0 Å². The predicted octanol–water partition coefficient (Wildman–Crippen LogP) is -0.917. The van der Waals surface area contributed by atoms with E-state index in [1.807, 2.05) is 0 Å². The molecule has 0 aromatic carbocycles. The predicted molar refractivity (Wildman–Crippen MR) is 52.2 cm³/mol. The smallest absolute Gasteiger partial charge is 0.193 e. The lowest BCUT2D eigenvalue weighted by Crippen LogP contribution is -2.45. The van der Waals surface area contributed by atoms with Crippen molar-refractivity contribution in [3.8, 4) is 0 Å². The van der Waals surface area contributed by atoms with Crippen LogP contribution < -0.4 is 0 Å². The van der Waals surface area contributed by atoms with Gasteiger partial charge >= 0.3 is 0 Å². The first-order valence-corrected chi connectivity index (χ1v) is 4.94. The van der Waals surface area contributed by atoms with Gasteiger partial charge in [0.2, 0.25) is 0 Å². The van der Waals surface area contributed by atoms with Crippen molar-refractivity contribution in [2.24, 2.45) is 5.41 Å². The van der Waals surface area contributed by atoms with Crippen LogP contribution in [0.15, 0.2) is 0 Å². The van der Waals surface area contributed by atoms with Gasteiger partial charge in [-0.05, 0) is 5.41 Å². The molecule has 5 heteroatoms. The first-order chi connectivity index (χ1) is 6.75. The molecule has 0 saturated carbocycles. The second-order valence-electron chi connectivity index (χ2n) is 4.98. The Labute approximate surface area is 88.7 Å². The van der Waals surface area contributed by atoms with E-state index in [9.17, 15) is 20.1 Å². The Morgan fingerprint density at radius 3 is 2.27 bits per heavy atom. The van der Waals surface area contributed by atoms with Gasteiger partial charge in [-0.25, -0.2) is 0 Å². The Morgan fingerprint density at radius 2 is 1.93 bits per heavy atom. The summed E-state index contributed by atoms with van der Waals surface area (Å²) in [7, 11) is 0. The van der Waals surface area contributed by atoms with Gasteiger partial charge in [0.15, 0.2) is 5.78 Å². The largest absolute Gasteiger partial charge is 0.388 e. The van der Waals surface area contributed by atoms with Crippen LogP contribution in [-0.4, -0.2) is 52.1 Å². The maximum absolute atomic E-state index is 11.7. The zero-order valence-corrected chi connectivity index (χ0v) is 9.17. The summed E-state index contributed by atoms with van der Waals surface area (Å²) in [5.41, 5.74) is -0.603. The van der Waals surface area contributed by atoms with Crippen LogP contribution in [0.5, 0.6) is 0 Å². The second-order valence-corrected chi connectivity index (χ2v) is 4.98. The third-order valence-corrected chi connectivity index (χ3v) is 2.52. The van der Waals surface area contributed by atoms with Crippen LogP contribution in [0.1, 0.15) is 20.8 Å². The van der Waals surface area contributed by atoms with Gasteiger partial charge in [-0.3, -0.25) is 4.79 Å². The summed E-state index contributed by atoms with van der Waals surface area (Å²) in [4.78, 5) is 11.7. The minimum atomic E-state index is -1.24. The van der Waals surface area contributed by atoms with E-state index in [-0.39, 0.29) is 6.61 Å². The molecule has 0 bridgehead atoms.